The van der Waals surface area contributed by atoms with Crippen molar-refractivity contribution in [3.8, 4) is 17.5 Å². The van der Waals surface area contributed by atoms with Gasteiger partial charge in [0.05, 0.1) is 0 Å². The maximum absolute atomic E-state index is 13.1. The molecular formula is C11H5ClFN3. The number of halogens is 2. The van der Waals surface area contributed by atoms with E-state index in [0.717, 1.165) is 0 Å². The summed E-state index contributed by atoms with van der Waals surface area (Å²) in [5.41, 5.74) is 0.674. The molecule has 1 aromatic carbocycles. The summed E-state index contributed by atoms with van der Waals surface area (Å²) in [6.45, 7) is 0. The first kappa shape index (κ1) is 10.5. The van der Waals surface area contributed by atoms with Crippen molar-refractivity contribution in [2.24, 2.45) is 0 Å². The van der Waals surface area contributed by atoms with E-state index in [1.807, 2.05) is 6.07 Å². The molecule has 0 N–H and O–H groups in total. The van der Waals surface area contributed by atoms with Gasteiger partial charge in [-0.25, -0.2) is 14.4 Å². The second-order valence-electron chi connectivity index (χ2n) is 3.04. The highest BCUT2D eigenvalue weighted by Gasteiger charge is 2.05. The van der Waals surface area contributed by atoms with Gasteiger partial charge in [-0.1, -0.05) is 11.6 Å². The van der Waals surface area contributed by atoms with Crippen LogP contribution in [0.1, 0.15) is 5.69 Å². The Morgan fingerprint density at radius 2 is 2.12 bits per heavy atom. The maximum atomic E-state index is 13.1. The van der Waals surface area contributed by atoms with Gasteiger partial charge in [-0.05, 0) is 24.3 Å². The summed E-state index contributed by atoms with van der Waals surface area (Å²) in [6, 6.07) is 7.37. The summed E-state index contributed by atoms with van der Waals surface area (Å²) >= 11 is 5.71. The fourth-order valence-corrected chi connectivity index (χ4v) is 1.46. The van der Waals surface area contributed by atoms with Gasteiger partial charge in [0, 0.05) is 16.8 Å². The van der Waals surface area contributed by atoms with Crippen LogP contribution in [0.4, 0.5) is 4.39 Å². The molecule has 0 atom stereocenters. The third-order valence-corrected chi connectivity index (χ3v) is 2.11. The molecule has 0 fully saturated rings. The van der Waals surface area contributed by atoms with Crippen LogP contribution in [-0.2, 0) is 0 Å². The number of benzene rings is 1. The lowest BCUT2D eigenvalue weighted by molar-refractivity contribution is 0.628. The van der Waals surface area contributed by atoms with Crippen LogP contribution in [0.15, 0.2) is 30.5 Å². The first-order valence-corrected chi connectivity index (χ1v) is 4.76. The van der Waals surface area contributed by atoms with E-state index in [1.165, 1.54) is 24.4 Å². The number of nitriles is 1. The standard InChI is InChI=1S/C11H5ClFN3/c12-8-3-7(4-9(13)5-8)11-15-2-1-10(6-14)16-11/h1-5H. The Bertz CT molecular complexity index is 557. The van der Waals surface area contributed by atoms with E-state index in [0.29, 0.717) is 5.56 Å². The van der Waals surface area contributed by atoms with Crippen LogP contribution in [0, 0.1) is 17.1 Å². The highest BCUT2D eigenvalue weighted by molar-refractivity contribution is 6.30. The second kappa shape index (κ2) is 4.25. The van der Waals surface area contributed by atoms with E-state index in [2.05, 4.69) is 9.97 Å². The second-order valence-corrected chi connectivity index (χ2v) is 3.47. The molecule has 16 heavy (non-hydrogen) atoms. The van der Waals surface area contributed by atoms with Crippen molar-refractivity contribution in [1.82, 2.24) is 9.97 Å². The molecule has 0 saturated heterocycles. The third kappa shape index (κ3) is 2.15. The first-order valence-electron chi connectivity index (χ1n) is 4.38. The molecule has 78 valence electrons. The quantitative estimate of drug-likeness (QED) is 0.761. The minimum absolute atomic E-state index is 0.227. The minimum Gasteiger partial charge on any atom is -0.236 e. The Morgan fingerprint density at radius 3 is 2.81 bits per heavy atom. The summed E-state index contributed by atoms with van der Waals surface area (Å²) in [5.74, 6) is -0.186. The van der Waals surface area contributed by atoms with Crippen molar-refractivity contribution in [1.29, 1.82) is 5.26 Å². The molecule has 0 bridgehead atoms. The van der Waals surface area contributed by atoms with E-state index in [9.17, 15) is 4.39 Å². The molecule has 2 aromatic rings. The number of rotatable bonds is 1. The lowest BCUT2D eigenvalue weighted by Gasteiger charge is -2.01. The summed E-state index contributed by atoms with van der Waals surface area (Å²) in [7, 11) is 0. The predicted octanol–water partition coefficient (Wildman–Crippen LogP) is 2.81. The van der Waals surface area contributed by atoms with E-state index in [1.54, 1.807) is 6.07 Å². The first-order chi connectivity index (χ1) is 7.69. The average molecular weight is 234 g/mol. The Hall–Kier alpha value is -1.99. The van der Waals surface area contributed by atoms with Crippen LogP contribution >= 0.6 is 11.6 Å². The van der Waals surface area contributed by atoms with Crippen LogP contribution < -0.4 is 0 Å². The van der Waals surface area contributed by atoms with Gasteiger partial charge in [-0.2, -0.15) is 5.26 Å². The topological polar surface area (TPSA) is 49.6 Å². The largest absolute Gasteiger partial charge is 0.236 e. The maximum Gasteiger partial charge on any atom is 0.160 e. The van der Waals surface area contributed by atoms with Crippen LogP contribution in [0.3, 0.4) is 0 Å². The van der Waals surface area contributed by atoms with Gasteiger partial charge in [0.25, 0.3) is 0 Å². The Balaban J connectivity index is 2.54. The van der Waals surface area contributed by atoms with Crippen LogP contribution in [0.25, 0.3) is 11.4 Å². The molecule has 0 amide bonds. The van der Waals surface area contributed by atoms with Crippen molar-refractivity contribution in [3.63, 3.8) is 0 Å². The number of aromatic nitrogens is 2. The molecule has 0 saturated carbocycles. The van der Waals surface area contributed by atoms with Gasteiger partial charge >= 0.3 is 0 Å². The SMILES string of the molecule is N#Cc1ccnc(-c2cc(F)cc(Cl)c2)n1. The minimum atomic E-state index is -0.464. The summed E-state index contributed by atoms with van der Waals surface area (Å²) in [5, 5.41) is 8.94. The third-order valence-electron chi connectivity index (χ3n) is 1.89. The molecule has 0 radical (unpaired) electrons. The molecule has 3 nitrogen and oxygen atoms in total. The smallest absolute Gasteiger partial charge is 0.160 e. The average Bonchev–Trinajstić information content (AvgIpc) is 2.28. The molecule has 2 rings (SSSR count). The van der Waals surface area contributed by atoms with Crippen molar-refractivity contribution in [2.45, 2.75) is 0 Å². The Morgan fingerprint density at radius 1 is 1.31 bits per heavy atom. The normalized spacial score (nSPS) is 9.81. The number of hydrogen-bond acceptors (Lipinski definition) is 3. The predicted molar refractivity (Wildman–Crippen MR) is 57.2 cm³/mol. The van der Waals surface area contributed by atoms with Crippen LogP contribution in [-0.4, -0.2) is 9.97 Å². The molecule has 0 aliphatic carbocycles. The lowest BCUT2D eigenvalue weighted by atomic mass is 10.2. The molecule has 0 unspecified atom stereocenters. The van der Waals surface area contributed by atoms with Crippen molar-refractivity contribution < 1.29 is 4.39 Å². The van der Waals surface area contributed by atoms with Gasteiger partial charge < -0.3 is 0 Å². The molecule has 0 aliphatic rings. The Kier molecular flexibility index (Phi) is 2.80. The Labute approximate surface area is 96.2 Å². The highest BCUT2D eigenvalue weighted by atomic mass is 35.5. The zero-order chi connectivity index (χ0) is 11.5. The zero-order valence-electron chi connectivity index (χ0n) is 7.98. The number of nitrogens with zero attached hydrogens (tertiary/aromatic N) is 3. The van der Waals surface area contributed by atoms with Crippen molar-refractivity contribution in [3.05, 3.63) is 47.0 Å². The number of hydrogen-bond donors (Lipinski definition) is 0. The summed E-state index contributed by atoms with van der Waals surface area (Å²) in [4.78, 5) is 7.90. The lowest BCUT2D eigenvalue weighted by Crippen LogP contribution is -1.92. The molecule has 1 aromatic heterocycles. The van der Waals surface area contributed by atoms with Gasteiger partial charge in [-0.15, -0.1) is 0 Å². The fraction of sp³-hybridized carbons (Fsp3) is 0. The summed E-state index contributed by atoms with van der Waals surface area (Å²) in [6.07, 6.45) is 1.44. The molecule has 5 heteroatoms. The van der Waals surface area contributed by atoms with Gasteiger partial charge in [0.15, 0.2) is 5.82 Å². The summed E-state index contributed by atoms with van der Waals surface area (Å²) < 4.78 is 13.1. The zero-order valence-corrected chi connectivity index (χ0v) is 8.74. The van der Waals surface area contributed by atoms with Crippen LogP contribution in [0.5, 0.6) is 0 Å². The van der Waals surface area contributed by atoms with E-state index in [4.69, 9.17) is 16.9 Å². The monoisotopic (exact) mass is 233 g/mol. The fourth-order valence-electron chi connectivity index (χ4n) is 1.24. The van der Waals surface area contributed by atoms with E-state index < -0.39 is 5.82 Å². The molecule has 0 spiro atoms. The van der Waals surface area contributed by atoms with Crippen molar-refractivity contribution >= 4 is 11.6 Å². The van der Waals surface area contributed by atoms with E-state index in [-0.39, 0.29) is 16.5 Å². The molecule has 1 heterocycles. The van der Waals surface area contributed by atoms with E-state index >= 15 is 0 Å². The van der Waals surface area contributed by atoms with Gasteiger partial charge in [0.1, 0.15) is 17.6 Å². The van der Waals surface area contributed by atoms with Crippen molar-refractivity contribution in [2.75, 3.05) is 0 Å². The van der Waals surface area contributed by atoms with Gasteiger partial charge in [0.2, 0.25) is 0 Å². The van der Waals surface area contributed by atoms with Crippen LogP contribution in [0.2, 0.25) is 5.02 Å². The molecule has 0 aliphatic heterocycles. The molecular weight excluding hydrogens is 229 g/mol. The van der Waals surface area contributed by atoms with Gasteiger partial charge in [-0.3, -0.25) is 0 Å². The highest BCUT2D eigenvalue weighted by Crippen LogP contribution is 2.21.